The number of rotatable bonds is 5. The van der Waals surface area contributed by atoms with Crippen molar-refractivity contribution in [1.82, 2.24) is 5.32 Å². The van der Waals surface area contributed by atoms with E-state index >= 15 is 0 Å². The Morgan fingerprint density at radius 2 is 2.33 bits per heavy atom. The van der Waals surface area contributed by atoms with Crippen LogP contribution in [0.15, 0.2) is 9.85 Å². The molecule has 1 rings (SSSR count). The van der Waals surface area contributed by atoms with E-state index in [-0.39, 0.29) is 5.91 Å². The van der Waals surface area contributed by atoms with Crippen LogP contribution < -0.4 is 5.32 Å². The second-order valence-corrected chi connectivity index (χ2v) is 5.97. The topological polar surface area (TPSA) is 29.1 Å². The molecule has 0 aromatic carbocycles. The highest BCUT2D eigenvalue weighted by Crippen LogP contribution is 2.27. The van der Waals surface area contributed by atoms with Gasteiger partial charge in [0.15, 0.2) is 0 Å². The predicted molar refractivity (Wildman–Crippen MR) is 69.0 cm³/mol. The maximum absolute atomic E-state index is 11.6. The van der Waals surface area contributed by atoms with Crippen molar-refractivity contribution in [2.75, 3.05) is 12.4 Å². The SMILES string of the molecule is Cc1cc(C(=O)NCCCCCl)sc1Br. The summed E-state index contributed by atoms with van der Waals surface area (Å²) < 4.78 is 1.02. The molecular weight excluding hydrogens is 298 g/mol. The van der Waals surface area contributed by atoms with Crippen molar-refractivity contribution in [1.29, 1.82) is 0 Å². The Labute approximate surface area is 107 Å². The fourth-order valence-electron chi connectivity index (χ4n) is 1.08. The molecule has 0 atom stereocenters. The molecule has 0 spiro atoms. The largest absolute Gasteiger partial charge is 0.351 e. The molecule has 1 aromatic heterocycles. The summed E-state index contributed by atoms with van der Waals surface area (Å²) in [4.78, 5) is 12.4. The number of nitrogens with one attached hydrogen (secondary N) is 1. The first-order chi connectivity index (χ1) is 7.15. The number of halogens is 2. The van der Waals surface area contributed by atoms with Crippen LogP contribution >= 0.6 is 38.9 Å². The lowest BCUT2D eigenvalue weighted by Crippen LogP contribution is -2.23. The summed E-state index contributed by atoms with van der Waals surface area (Å²) >= 11 is 10.4. The lowest BCUT2D eigenvalue weighted by Gasteiger charge is -2.01. The fourth-order valence-corrected chi connectivity index (χ4v) is 2.72. The van der Waals surface area contributed by atoms with Crippen LogP contribution in [0, 0.1) is 6.92 Å². The summed E-state index contributed by atoms with van der Waals surface area (Å²) in [6, 6.07) is 1.89. The molecule has 1 heterocycles. The molecule has 1 N–H and O–H groups in total. The van der Waals surface area contributed by atoms with Crippen molar-refractivity contribution >= 4 is 44.8 Å². The molecule has 5 heteroatoms. The van der Waals surface area contributed by atoms with Gasteiger partial charge >= 0.3 is 0 Å². The number of alkyl halides is 1. The molecule has 0 radical (unpaired) electrons. The van der Waals surface area contributed by atoms with Gasteiger partial charge in [-0.15, -0.1) is 22.9 Å². The van der Waals surface area contributed by atoms with E-state index in [1.807, 2.05) is 13.0 Å². The second kappa shape index (κ2) is 6.51. The van der Waals surface area contributed by atoms with E-state index < -0.39 is 0 Å². The average molecular weight is 311 g/mol. The highest BCUT2D eigenvalue weighted by atomic mass is 79.9. The zero-order chi connectivity index (χ0) is 11.3. The van der Waals surface area contributed by atoms with Gasteiger partial charge in [-0.1, -0.05) is 0 Å². The molecule has 1 amide bonds. The Balaban J connectivity index is 2.40. The fraction of sp³-hybridized carbons (Fsp3) is 0.500. The Hall–Kier alpha value is -0.0600. The minimum atomic E-state index is 0.00312. The number of aryl methyl sites for hydroxylation is 1. The summed E-state index contributed by atoms with van der Waals surface area (Å²) in [6.07, 6.45) is 1.87. The van der Waals surface area contributed by atoms with E-state index in [0.29, 0.717) is 12.4 Å². The normalized spacial score (nSPS) is 10.3. The van der Waals surface area contributed by atoms with Crippen molar-refractivity contribution in [3.63, 3.8) is 0 Å². The van der Waals surface area contributed by atoms with E-state index in [0.717, 1.165) is 27.1 Å². The molecule has 84 valence electrons. The third-order valence-electron chi connectivity index (χ3n) is 1.93. The average Bonchev–Trinajstić information content (AvgIpc) is 2.54. The maximum Gasteiger partial charge on any atom is 0.261 e. The molecule has 0 fully saturated rings. The monoisotopic (exact) mass is 309 g/mol. The van der Waals surface area contributed by atoms with Crippen molar-refractivity contribution in [2.24, 2.45) is 0 Å². The van der Waals surface area contributed by atoms with Crippen LogP contribution in [-0.2, 0) is 0 Å². The molecule has 0 aliphatic carbocycles. The quantitative estimate of drug-likeness (QED) is 0.654. The van der Waals surface area contributed by atoms with Crippen LogP contribution in [0.4, 0.5) is 0 Å². The van der Waals surface area contributed by atoms with Crippen LogP contribution in [-0.4, -0.2) is 18.3 Å². The summed E-state index contributed by atoms with van der Waals surface area (Å²) in [5.41, 5.74) is 1.10. The molecule has 0 aliphatic heterocycles. The van der Waals surface area contributed by atoms with Gasteiger partial charge in [-0.05, 0) is 47.3 Å². The van der Waals surface area contributed by atoms with E-state index in [1.165, 1.54) is 11.3 Å². The third kappa shape index (κ3) is 4.13. The van der Waals surface area contributed by atoms with Gasteiger partial charge in [0.2, 0.25) is 0 Å². The summed E-state index contributed by atoms with van der Waals surface area (Å²) in [5, 5.41) is 2.87. The zero-order valence-electron chi connectivity index (χ0n) is 8.48. The Morgan fingerprint density at radius 3 is 2.87 bits per heavy atom. The van der Waals surface area contributed by atoms with Crippen molar-refractivity contribution < 1.29 is 4.79 Å². The smallest absolute Gasteiger partial charge is 0.261 e. The highest BCUT2D eigenvalue weighted by molar-refractivity contribution is 9.11. The number of unbranched alkanes of at least 4 members (excludes halogenated alkanes) is 1. The molecular formula is C10H13BrClNOS. The minimum Gasteiger partial charge on any atom is -0.351 e. The Morgan fingerprint density at radius 1 is 1.60 bits per heavy atom. The van der Waals surface area contributed by atoms with Gasteiger partial charge in [0.1, 0.15) is 0 Å². The first-order valence-corrected chi connectivity index (χ1v) is 6.89. The molecule has 1 aromatic rings. The molecule has 0 unspecified atom stereocenters. The van der Waals surface area contributed by atoms with E-state index in [9.17, 15) is 4.79 Å². The summed E-state index contributed by atoms with van der Waals surface area (Å²) in [7, 11) is 0. The first kappa shape index (κ1) is 13.0. The van der Waals surface area contributed by atoms with Crippen LogP contribution in [0.2, 0.25) is 0 Å². The van der Waals surface area contributed by atoms with Crippen LogP contribution in [0.3, 0.4) is 0 Å². The number of carbonyl (C=O) groups excluding carboxylic acids is 1. The minimum absolute atomic E-state index is 0.00312. The van der Waals surface area contributed by atoms with Gasteiger partial charge in [0, 0.05) is 12.4 Å². The number of hydrogen-bond donors (Lipinski definition) is 1. The molecule has 0 saturated heterocycles. The molecule has 0 bridgehead atoms. The summed E-state index contributed by atoms with van der Waals surface area (Å²) in [5.74, 6) is 0.655. The molecule has 0 aliphatic rings. The number of hydrogen-bond acceptors (Lipinski definition) is 2. The lowest BCUT2D eigenvalue weighted by molar-refractivity contribution is 0.0957. The first-order valence-electron chi connectivity index (χ1n) is 4.75. The second-order valence-electron chi connectivity index (χ2n) is 3.22. The van der Waals surface area contributed by atoms with Crippen molar-refractivity contribution in [3.05, 3.63) is 20.3 Å². The number of amides is 1. The van der Waals surface area contributed by atoms with Crippen molar-refractivity contribution in [2.45, 2.75) is 19.8 Å². The third-order valence-corrected chi connectivity index (χ3v) is 4.33. The number of carbonyl (C=O) groups is 1. The van der Waals surface area contributed by atoms with Crippen LogP contribution in [0.25, 0.3) is 0 Å². The molecule has 15 heavy (non-hydrogen) atoms. The van der Waals surface area contributed by atoms with Crippen LogP contribution in [0.1, 0.15) is 28.1 Å². The van der Waals surface area contributed by atoms with E-state index in [2.05, 4.69) is 21.2 Å². The van der Waals surface area contributed by atoms with E-state index in [4.69, 9.17) is 11.6 Å². The molecule has 0 saturated carbocycles. The highest BCUT2D eigenvalue weighted by Gasteiger charge is 2.09. The Bertz CT molecular complexity index is 321. The van der Waals surface area contributed by atoms with Gasteiger partial charge in [0.05, 0.1) is 8.66 Å². The number of thiophene rings is 1. The van der Waals surface area contributed by atoms with Gasteiger partial charge in [-0.3, -0.25) is 4.79 Å². The van der Waals surface area contributed by atoms with Gasteiger partial charge < -0.3 is 5.32 Å². The Kier molecular flexibility index (Phi) is 5.64. The summed E-state index contributed by atoms with van der Waals surface area (Å²) in [6.45, 7) is 2.67. The van der Waals surface area contributed by atoms with Gasteiger partial charge in [-0.25, -0.2) is 0 Å². The van der Waals surface area contributed by atoms with Gasteiger partial charge in [0.25, 0.3) is 5.91 Å². The molecule has 2 nitrogen and oxygen atoms in total. The van der Waals surface area contributed by atoms with Gasteiger partial charge in [-0.2, -0.15) is 0 Å². The predicted octanol–water partition coefficient (Wildman–Crippen LogP) is 3.57. The zero-order valence-corrected chi connectivity index (χ0v) is 11.6. The lowest BCUT2D eigenvalue weighted by atomic mass is 10.3. The van der Waals surface area contributed by atoms with E-state index in [1.54, 1.807) is 0 Å². The standard InChI is InChI=1S/C10H13BrClNOS/c1-7-6-8(15-9(7)11)10(14)13-5-3-2-4-12/h6H,2-5H2,1H3,(H,13,14). The maximum atomic E-state index is 11.6. The van der Waals surface area contributed by atoms with Crippen LogP contribution in [0.5, 0.6) is 0 Å². The van der Waals surface area contributed by atoms with Crippen molar-refractivity contribution in [3.8, 4) is 0 Å².